The minimum Gasteiger partial charge on any atom is -0.493 e. The van der Waals surface area contributed by atoms with Crippen molar-refractivity contribution < 1.29 is 14.2 Å². The maximum atomic E-state index is 5.35. The summed E-state index contributed by atoms with van der Waals surface area (Å²) in [7, 11) is 5.07. The van der Waals surface area contributed by atoms with Gasteiger partial charge in [0.15, 0.2) is 11.5 Å². The molecule has 0 aromatic heterocycles. The zero-order valence-electron chi connectivity index (χ0n) is 13.9. The van der Waals surface area contributed by atoms with Crippen molar-refractivity contribution in [1.82, 2.24) is 5.32 Å². The van der Waals surface area contributed by atoms with Crippen LogP contribution in [-0.2, 0) is 11.2 Å². The molecule has 0 heterocycles. The Morgan fingerprint density at radius 2 is 1.81 bits per heavy atom. The molecule has 0 bridgehead atoms. The van der Waals surface area contributed by atoms with Gasteiger partial charge in [0.25, 0.3) is 0 Å². The normalized spacial score (nSPS) is 13.8. The average Bonchev–Trinajstić information content (AvgIpc) is 2.47. The molecule has 1 N–H and O–H groups in total. The Hall–Kier alpha value is -1.26. The smallest absolute Gasteiger partial charge is 0.160 e. The minimum atomic E-state index is 0.384. The number of ether oxygens (including phenoxy) is 3. The van der Waals surface area contributed by atoms with E-state index in [0.717, 1.165) is 37.4 Å². The molecule has 2 unspecified atom stereocenters. The van der Waals surface area contributed by atoms with Crippen LogP contribution >= 0.6 is 0 Å². The van der Waals surface area contributed by atoms with Crippen LogP contribution in [-0.4, -0.2) is 40.0 Å². The molecular formula is C17H29NO3. The molecule has 0 aliphatic heterocycles. The standard InChI is InChI=1S/C17H29NO3/c1-6-7-15(12-19-3)18-13(2)10-14-8-9-16(20-4)17(11-14)21-5/h8-9,11,13,15,18H,6-7,10,12H2,1-5H3. The summed E-state index contributed by atoms with van der Waals surface area (Å²) in [6.07, 6.45) is 3.23. The third-order valence-electron chi connectivity index (χ3n) is 3.52. The molecule has 1 aromatic rings. The van der Waals surface area contributed by atoms with E-state index < -0.39 is 0 Å². The summed E-state index contributed by atoms with van der Waals surface area (Å²) in [6.45, 7) is 5.16. The van der Waals surface area contributed by atoms with Crippen molar-refractivity contribution >= 4 is 0 Å². The highest BCUT2D eigenvalue weighted by atomic mass is 16.5. The number of benzene rings is 1. The Labute approximate surface area is 128 Å². The van der Waals surface area contributed by atoms with Gasteiger partial charge in [-0.3, -0.25) is 0 Å². The molecule has 0 saturated heterocycles. The van der Waals surface area contributed by atoms with Gasteiger partial charge >= 0.3 is 0 Å². The van der Waals surface area contributed by atoms with E-state index in [1.54, 1.807) is 21.3 Å². The van der Waals surface area contributed by atoms with Crippen LogP contribution in [0.25, 0.3) is 0 Å². The quantitative estimate of drug-likeness (QED) is 0.720. The molecule has 0 saturated carbocycles. The molecule has 0 amide bonds. The molecule has 0 aliphatic carbocycles. The van der Waals surface area contributed by atoms with Crippen molar-refractivity contribution in [3.8, 4) is 11.5 Å². The van der Waals surface area contributed by atoms with Crippen LogP contribution in [0.1, 0.15) is 32.3 Å². The molecule has 120 valence electrons. The lowest BCUT2D eigenvalue weighted by Crippen LogP contribution is -2.40. The SMILES string of the molecule is CCCC(COC)NC(C)Cc1ccc(OC)c(OC)c1. The third kappa shape index (κ3) is 5.94. The van der Waals surface area contributed by atoms with Gasteiger partial charge in [-0.15, -0.1) is 0 Å². The highest BCUT2D eigenvalue weighted by Crippen LogP contribution is 2.28. The molecular weight excluding hydrogens is 266 g/mol. The second-order valence-corrected chi connectivity index (χ2v) is 5.40. The van der Waals surface area contributed by atoms with Gasteiger partial charge in [-0.2, -0.15) is 0 Å². The van der Waals surface area contributed by atoms with Gasteiger partial charge < -0.3 is 19.5 Å². The van der Waals surface area contributed by atoms with Crippen molar-refractivity contribution in [3.05, 3.63) is 23.8 Å². The third-order valence-corrected chi connectivity index (χ3v) is 3.52. The first kappa shape index (κ1) is 17.8. The fourth-order valence-electron chi connectivity index (χ4n) is 2.59. The van der Waals surface area contributed by atoms with Crippen molar-refractivity contribution in [1.29, 1.82) is 0 Å². The fraction of sp³-hybridized carbons (Fsp3) is 0.647. The van der Waals surface area contributed by atoms with Crippen molar-refractivity contribution in [3.63, 3.8) is 0 Å². The van der Waals surface area contributed by atoms with Crippen molar-refractivity contribution in [2.45, 2.75) is 45.2 Å². The van der Waals surface area contributed by atoms with Crippen LogP contribution in [0.4, 0.5) is 0 Å². The lowest BCUT2D eigenvalue weighted by Gasteiger charge is -2.23. The van der Waals surface area contributed by atoms with Gasteiger partial charge in [0, 0.05) is 19.2 Å². The van der Waals surface area contributed by atoms with Crippen LogP contribution in [0.2, 0.25) is 0 Å². The van der Waals surface area contributed by atoms with E-state index in [-0.39, 0.29) is 0 Å². The molecule has 2 atom stereocenters. The number of hydrogen-bond donors (Lipinski definition) is 1. The van der Waals surface area contributed by atoms with Crippen LogP contribution in [0.15, 0.2) is 18.2 Å². The predicted molar refractivity (Wildman–Crippen MR) is 86.4 cm³/mol. The Bertz CT molecular complexity index is 403. The summed E-state index contributed by atoms with van der Waals surface area (Å²) in [6, 6.07) is 6.89. The second-order valence-electron chi connectivity index (χ2n) is 5.40. The summed E-state index contributed by atoms with van der Waals surface area (Å²) >= 11 is 0. The molecule has 1 aromatic carbocycles. The van der Waals surface area contributed by atoms with Crippen LogP contribution in [0.3, 0.4) is 0 Å². The summed E-state index contributed by atoms with van der Waals surface area (Å²) in [5.74, 6) is 1.55. The Balaban J connectivity index is 2.62. The summed E-state index contributed by atoms with van der Waals surface area (Å²) in [5, 5.41) is 3.64. The van der Waals surface area contributed by atoms with Crippen molar-refractivity contribution in [2.75, 3.05) is 27.9 Å². The first-order valence-corrected chi connectivity index (χ1v) is 7.60. The van der Waals surface area contributed by atoms with Gasteiger partial charge in [-0.1, -0.05) is 19.4 Å². The van der Waals surface area contributed by atoms with E-state index in [1.165, 1.54) is 5.56 Å². The van der Waals surface area contributed by atoms with E-state index in [0.29, 0.717) is 12.1 Å². The molecule has 0 fully saturated rings. The van der Waals surface area contributed by atoms with E-state index in [1.807, 2.05) is 12.1 Å². The molecule has 4 heteroatoms. The Kier molecular flexibility index (Phi) is 8.16. The summed E-state index contributed by atoms with van der Waals surface area (Å²) in [5.41, 5.74) is 1.24. The molecule has 4 nitrogen and oxygen atoms in total. The number of rotatable bonds is 10. The van der Waals surface area contributed by atoms with Crippen LogP contribution in [0.5, 0.6) is 11.5 Å². The zero-order chi connectivity index (χ0) is 15.7. The van der Waals surface area contributed by atoms with Crippen molar-refractivity contribution in [2.24, 2.45) is 0 Å². The highest BCUT2D eigenvalue weighted by molar-refractivity contribution is 5.43. The monoisotopic (exact) mass is 295 g/mol. The first-order chi connectivity index (χ1) is 10.1. The molecule has 21 heavy (non-hydrogen) atoms. The highest BCUT2D eigenvalue weighted by Gasteiger charge is 2.13. The molecule has 0 radical (unpaired) electrons. The fourth-order valence-corrected chi connectivity index (χ4v) is 2.59. The molecule has 0 spiro atoms. The topological polar surface area (TPSA) is 39.7 Å². The van der Waals surface area contributed by atoms with Gasteiger partial charge in [-0.05, 0) is 37.5 Å². The van der Waals surface area contributed by atoms with Crippen LogP contribution < -0.4 is 14.8 Å². The number of methoxy groups -OCH3 is 3. The lowest BCUT2D eigenvalue weighted by molar-refractivity contribution is 0.157. The molecule has 0 aliphatic rings. The lowest BCUT2D eigenvalue weighted by atomic mass is 10.0. The van der Waals surface area contributed by atoms with Gasteiger partial charge in [0.05, 0.1) is 20.8 Å². The largest absolute Gasteiger partial charge is 0.493 e. The average molecular weight is 295 g/mol. The molecule has 1 rings (SSSR count). The summed E-state index contributed by atoms with van der Waals surface area (Å²) < 4.78 is 15.9. The van der Waals surface area contributed by atoms with Gasteiger partial charge in [-0.25, -0.2) is 0 Å². The van der Waals surface area contributed by atoms with Gasteiger partial charge in [0.1, 0.15) is 0 Å². The maximum Gasteiger partial charge on any atom is 0.160 e. The van der Waals surface area contributed by atoms with E-state index in [9.17, 15) is 0 Å². The maximum absolute atomic E-state index is 5.35. The first-order valence-electron chi connectivity index (χ1n) is 7.60. The van der Waals surface area contributed by atoms with Crippen LogP contribution in [0, 0.1) is 0 Å². The number of hydrogen-bond acceptors (Lipinski definition) is 4. The Morgan fingerprint density at radius 1 is 1.10 bits per heavy atom. The predicted octanol–water partition coefficient (Wildman–Crippen LogP) is 3.04. The number of nitrogens with one attached hydrogen (secondary N) is 1. The summed E-state index contributed by atoms with van der Waals surface area (Å²) in [4.78, 5) is 0. The van der Waals surface area contributed by atoms with Gasteiger partial charge in [0.2, 0.25) is 0 Å². The second kappa shape index (κ2) is 9.64. The zero-order valence-corrected chi connectivity index (χ0v) is 13.9. The van der Waals surface area contributed by atoms with E-state index >= 15 is 0 Å². The Morgan fingerprint density at radius 3 is 2.38 bits per heavy atom. The van der Waals surface area contributed by atoms with E-state index in [4.69, 9.17) is 14.2 Å². The minimum absolute atomic E-state index is 0.384. The van der Waals surface area contributed by atoms with E-state index in [2.05, 4.69) is 25.2 Å².